The minimum absolute atomic E-state index is 0.0551. The molecule has 1 rings (SSSR count). The third-order valence-corrected chi connectivity index (χ3v) is 3.38. The predicted octanol–water partition coefficient (Wildman–Crippen LogP) is -1.95. The molecule has 120 valence electrons. The van der Waals surface area contributed by atoms with Crippen molar-refractivity contribution < 1.29 is 25.9 Å². The van der Waals surface area contributed by atoms with E-state index in [4.69, 9.17) is 14.8 Å². The normalized spacial score (nSPS) is 12.1. The molecule has 0 saturated heterocycles. The smallest absolute Gasteiger partial charge is 0.266 e. The van der Waals surface area contributed by atoms with Gasteiger partial charge < -0.3 is 16.4 Å². The van der Waals surface area contributed by atoms with Crippen molar-refractivity contribution >= 4 is 38.1 Å². The fourth-order valence-electron chi connectivity index (χ4n) is 1.13. The summed E-state index contributed by atoms with van der Waals surface area (Å²) in [5, 5.41) is 5.00. The molecule has 0 aliphatic carbocycles. The summed E-state index contributed by atoms with van der Waals surface area (Å²) < 4.78 is 59.3. The fraction of sp³-hybridized carbons (Fsp3) is 0.571. The lowest BCUT2D eigenvalue weighted by Crippen LogP contribution is -2.19. The van der Waals surface area contributed by atoms with Gasteiger partial charge in [0.2, 0.25) is 17.8 Å². The van der Waals surface area contributed by atoms with Crippen molar-refractivity contribution in [3.8, 4) is 0 Å². The van der Waals surface area contributed by atoms with Crippen LogP contribution in [0.3, 0.4) is 0 Å². The van der Waals surface area contributed by atoms with Gasteiger partial charge in [-0.25, -0.2) is 0 Å². The quantitative estimate of drug-likeness (QED) is 0.328. The summed E-state index contributed by atoms with van der Waals surface area (Å²) in [6.45, 7) is -0.320. The summed E-state index contributed by atoms with van der Waals surface area (Å²) in [4.78, 5) is 11.1. The Labute approximate surface area is 120 Å². The minimum atomic E-state index is -4.12. The molecule has 0 aromatic carbocycles. The number of nitrogens with zero attached hydrogens (tertiary/aromatic N) is 3. The topological polar surface area (TPSA) is 197 Å². The van der Waals surface area contributed by atoms with Crippen LogP contribution in [-0.4, -0.2) is 65.5 Å². The molecular weight excluding hydrogens is 328 g/mol. The van der Waals surface area contributed by atoms with Crippen LogP contribution in [-0.2, 0) is 20.2 Å². The zero-order valence-electron chi connectivity index (χ0n) is 10.6. The molecule has 0 atom stereocenters. The third-order valence-electron chi connectivity index (χ3n) is 1.94. The Morgan fingerprint density at radius 1 is 0.857 bits per heavy atom. The monoisotopic (exact) mass is 342 g/mol. The zero-order chi connectivity index (χ0) is 16.1. The molecule has 0 saturated carbocycles. The van der Waals surface area contributed by atoms with Crippen LogP contribution >= 0.6 is 0 Å². The van der Waals surface area contributed by atoms with E-state index in [2.05, 4.69) is 25.6 Å². The Bertz CT molecular complexity index is 633. The van der Waals surface area contributed by atoms with Crippen molar-refractivity contribution in [2.75, 3.05) is 41.0 Å². The largest absolute Gasteiger partial charge is 0.368 e. The lowest BCUT2D eigenvalue weighted by atomic mass is 10.7. The Kier molecular flexibility index (Phi) is 5.59. The molecule has 12 nitrogen and oxygen atoms in total. The second kappa shape index (κ2) is 6.79. The van der Waals surface area contributed by atoms with Crippen LogP contribution < -0.4 is 16.4 Å². The number of rotatable bonds is 8. The number of nitrogens with one attached hydrogen (secondary N) is 2. The molecule has 21 heavy (non-hydrogen) atoms. The average Bonchev–Trinajstić information content (AvgIpc) is 2.24. The van der Waals surface area contributed by atoms with E-state index in [0.717, 1.165) is 0 Å². The highest BCUT2D eigenvalue weighted by molar-refractivity contribution is 7.86. The van der Waals surface area contributed by atoms with Crippen LogP contribution in [0.4, 0.5) is 17.8 Å². The Hall–Kier alpha value is -1.77. The first kappa shape index (κ1) is 17.3. The first-order valence-corrected chi connectivity index (χ1v) is 8.66. The second-order valence-electron chi connectivity index (χ2n) is 3.77. The molecule has 14 heteroatoms. The van der Waals surface area contributed by atoms with Gasteiger partial charge in [0.25, 0.3) is 20.2 Å². The molecule has 6 N–H and O–H groups in total. The van der Waals surface area contributed by atoms with E-state index < -0.39 is 31.7 Å². The Morgan fingerprint density at radius 2 is 1.24 bits per heavy atom. The predicted molar refractivity (Wildman–Crippen MR) is 74.1 cm³/mol. The molecule has 0 bridgehead atoms. The summed E-state index contributed by atoms with van der Waals surface area (Å²) >= 11 is 0. The van der Waals surface area contributed by atoms with Gasteiger partial charge in [0.1, 0.15) is 0 Å². The summed E-state index contributed by atoms with van der Waals surface area (Å²) in [5.74, 6) is -1.40. The molecule has 0 aliphatic rings. The molecule has 1 aromatic rings. The highest BCUT2D eigenvalue weighted by Crippen LogP contribution is 2.06. The van der Waals surface area contributed by atoms with E-state index in [1.807, 2.05) is 0 Å². The SMILES string of the molecule is Nc1nc(NCCS(=O)(=O)O)nc(NCCS(=O)(=O)O)n1. The first-order valence-electron chi connectivity index (χ1n) is 5.45. The third kappa shape index (κ3) is 8.18. The average molecular weight is 342 g/mol. The lowest BCUT2D eigenvalue weighted by molar-refractivity contribution is 0.481. The van der Waals surface area contributed by atoms with E-state index >= 15 is 0 Å². The van der Waals surface area contributed by atoms with Crippen LogP contribution in [0.15, 0.2) is 0 Å². The standard InChI is InChI=1S/C7H14N6O6S2/c8-5-11-6(9-1-3-20(14,15)16)13-7(12-5)10-2-4-21(17,18)19/h1-4H2,(H,14,15,16)(H,17,18,19)(H4,8,9,10,11,12,13). The maximum absolute atomic E-state index is 10.5. The number of nitrogens with two attached hydrogens (primary N) is 1. The molecule has 0 aliphatic heterocycles. The number of hydrogen-bond donors (Lipinski definition) is 5. The van der Waals surface area contributed by atoms with Gasteiger partial charge in [-0.15, -0.1) is 0 Å². The molecule has 0 radical (unpaired) electrons. The first-order chi connectivity index (χ1) is 9.55. The van der Waals surface area contributed by atoms with Gasteiger partial charge in [-0.1, -0.05) is 0 Å². The van der Waals surface area contributed by atoms with Crippen LogP contribution in [0.5, 0.6) is 0 Å². The van der Waals surface area contributed by atoms with Crippen molar-refractivity contribution in [3.05, 3.63) is 0 Å². The summed E-state index contributed by atoms with van der Waals surface area (Å²) in [7, 11) is -8.24. The lowest BCUT2D eigenvalue weighted by Gasteiger charge is -2.07. The second-order valence-corrected chi connectivity index (χ2v) is 6.91. The van der Waals surface area contributed by atoms with Gasteiger partial charge in [0, 0.05) is 13.1 Å². The highest BCUT2D eigenvalue weighted by atomic mass is 32.2. The van der Waals surface area contributed by atoms with Gasteiger partial charge in [0.15, 0.2) is 0 Å². The zero-order valence-corrected chi connectivity index (χ0v) is 12.2. The summed E-state index contributed by atoms with van der Waals surface area (Å²) in [5.41, 5.74) is 5.40. The molecule has 1 aromatic heterocycles. The number of hydrogen-bond acceptors (Lipinski definition) is 10. The number of anilines is 3. The van der Waals surface area contributed by atoms with Crippen LogP contribution in [0, 0.1) is 0 Å². The van der Waals surface area contributed by atoms with E-state index in [0.29, 0.717) is 0 Å². The van der Waals surface area contributed by atoms with Crippen LogP contribution in [0.2, 0.25) is 0 Å². The highest BCUT2D eigenvalue weighted by Gasteiger charge is 2.08. The number of nitrogen functional groups attached to an aromatic ring is 1. The van der Waals surface area contributed by atoms with Gasteiger partial charge in [0.05, 0.1) is 11.5 Å². The fourth-order valence-corrected chi connectivity index (χ4v) is 1.85. The molecule has 0 fully saturated rings. The van der Waals surface area contributed by atoms with Crippen molar-refractivity contribution in [2.24, 2.45) is 0 Å². The molecule has 0 spiro atoms. The van der Waals surface area contributed by atoms with Crippen LogP contribution in [0.1, 0.15) is 0 Å². The van der Waals surface area contributed by atoms with Crippen molar-refractivity contribution in [1.29, 1.82) is 0 Å². The van der Waals surface area contributed by atoms with Crippen molar-refractivity contribution in [2.45, 2.75) is 0 Å². The van der Waals surface area contributed by atoms with Gasteiger partial charge >= 0.3 is 0 Å². The molecule has 0 amide bonds. The van der Waals surface area contributed by atoms with Crippen molar-refractivity contribution in [3.63, 3.8) is 0 Å². The summed E-state index contributed by atoms with van der Waals surface area (Å²) in [6.07, 6.45) is 0. The van der Waals surface area contributed by atoms with Crippen LogP contribution in [0.25, 0.3) is 0 Å². The summed E-state index contributed by atoms with van der Waals surface area (Å²) in [6, 6.07) is 0. The number of aromatic nitrogens is 3. The Morgan fingerprint density at radius 3 is 1.57 bits per heavy atom. The van der Waals surface area contributed by atoms with E-state index in [-0.39, 0.29) is 30.9 Å². The van der Waals surface area contributed by atoms with E-state index in [1.54, 1.807) is 0 Å². The van der Waals surface area contributed by atoms with Gasteiger partial charge in [-0.05, 0) is 0 Å². The molecule has 1 heterocycles. The van der Waals surface area contributed by atoms with Crippen molar-refractivity contribution in [1.82, 2.24) is 15.0 Å². The maximum atomic E-state index is 10.5. The molecular formula is C7H14N6O6S2. The van der Waals surface area contributed by atoms with E-state index in [1.165, 1.54) is 0 Å². The Balaban J connectivity index is 2.62. The molecule has 0 unspecified atom stereocenters. The van der Waals surface area contributed by atoms with E-state index in [9.17, 15) is 16.8 Å². The minimum Gasteiger partial charge on any atom is -0.368 e. The maximum Gasteiger partial charge on any atom is 0.266 e. The van der Waals surface area contributed by atoms with Gasteiger partial charge in [-0.3, -0.25) is 9.11 Å². The van der Waals surface area contributed by atoms with Gasteiger partial charge in [-0.2, -0.15) is 31.8 Å².